The second-order valence-corrected chi connectivity index (χ2v) is 3.13. The maximum atomic E-state index is 7.29. The Morgan fingerprint density at radius 2 is 2.46 bits per heavy atom. The van der Waals surface area contributed by atoms with Crippen molar-refractivity contribution in [1.29, 1.82) is 5.41 Å². The van der Waals surface area contributed by atoms with Gasteiger partial charge in [-0.25, -0.2) is 0 Å². The molecule has 2 nitrogen and oxygen atoms in total. The Bertz CT molecular complexity index is 269. The third-order valence-electron chi connectivity index (χ3n) is 1.24. The predicted octanol–water partition coefficient (Wildman–Crippen LogP) is 3.20. The molecule has 0 amide bonds. The van der Waals surface area contributed by atoms with Crippen LogP contribution in [0.1, 0.15) is 11.8 Å². The molecule has 0 aromatic carbocycles. The molecule has 1 aromatic heterocycles. The molecular weight excluding hydrogens is 206 g/mol. The van der Waals surface area contributed by atoms with E-state index in [-0.39, 0.29) is 18.3 Å². The zero-order valence-electron chi connectivity index (χ0n) is 7.32. The molecule has 0 aliphatic rings. The maximum absolute atomic E-state index is 7.29. The van der Waals surface area contributed by atoms with Gasteiger partial charge in [-0.2, -0.15) is 0 Å². The van der Waals surface area contributed by atoms with E-state index in [1.165, 1.54) is 0 Å². The highest BCUT2D eigenvalue weighted by Crippen LogP contribution is 2.09. The molecule has 13 heavy (non-hydrogen) atoms. The van der Waals surface area contributed by atoms with Gasteiger partial charge in [-0.15, -0.1) is 23.7 Å². The van der Waals surface area contributed by atoms with Gasteiger partial charge in [0.15, 0.2) is 0 Å². The van der Waals surface area contributed by atoms with E-state index in [2.05, 4.69) is 0 Å². The SMILES string of the molecule is CCOC(=N)C=Cc1cccs1.Cl. The lowest BCUT2D eigenvalue weighted by molar-refractivity contribution is 0.327. The van der Waals surface area contributed by atoms with Crippen molar-refractivity contribution in [1.82, 2.24) is 0 Å². The average Bonchev–Trinajstić information content (AvgIpc) is 2.53. The Morgan fingerprint density at radius 1 is 1.69 bits per heavy atom. The first-order valence-electron chi connectivity index (χ1n) is 3.76. The molecule has 0 aliphatic carbocycles. The summed E-state index contributed by atoms with van der Waals surface area (Å²) in [6, 6.07) is 3.98. The highest BCUT2D eigenvalue weighted by molar-refractivity contribution is 7.10. The van der Waals surface area contributed by atoms with Crippen molar-refractivity contribution < 1.29 is 4.74 Å². The van der Waals surface area contributed by atoms with E-state index in [9.17, 15) is 0 Å². The van der Waals surface area contributed by atoms with E-state index >= 15 is 0 Å². The van der Waals surface area contributed by atoms with Crippen molar-refractivity contribution in [3.05, 3.63) is 28.5 Å². The average molecular weight is 218 g/mol. The summed E-state index contributed by atoms with van der Waals surface area (Å²) in [5.74, 6) is 0.214. The van der Waals surface area contributed by atoms with Crippen LogP contribution in [0.15, 0.2) is 23.6 Å². The van der Waals surface area contributed by atoms with Crippen LogP contribution in [-0.4, -0.2) is 12.5 Å². The molecule has 0 unspecified atom stereocenters. The summed E-state index contributed by atoms with van der Waals surface area (Å²) in [5, 5.41) is 9.29. The summed E-state index contributed by atoms with van der Waals surface area (Å²) >= 11 is 1.64. The summed E-state index contributed by atoms with van der Waals surface area (Å²) in [5.41, 5.74) is 0. The topological polar surface area (TPSA) is 33.1 Å². The van der Waals surface area contributed by atoms with Crippen molar-refractivity contribution in [2.45, 2.75) is 6.92 Å². The largest absolute Gasteiger partial charge is 0.478 e. The fourth-order valence-electron chi connectivity index (χ4n) is 0.748. The molecule has 0 atom stereocenters. The zero-order valence-corrected chi connectivity index (χ0v) is 8.95. The molecule has 72 valence electrons. The van der Waals surface area contributed by atoms with Gasteiger partial charge in [0.1, 0.15) is 0 Å². The molecule has 0 radical (unpaired) electrons. The quantitative estimate of drug-likeness (QED) is 0.612. The van der Waals surface area contributed by atoms with Crippen LogP contribution in [0.25, 0.3) is 6.08 Å². The third kappa shape index (κ3) is 4.70. The lowest BCUT2D eigenvalue weighted by Crippen LogP contribution is -1.97. The van der Waals surface area contributed by atoms with Gasteiger partial charge in [0, 0.05) is 11.0 Å². The van der Waals surface area contributed by atoms with Crippen LogP contribution < -0.4 is 0 Å². The molecule has 0 bridgehead atoms. The minimum atomic E-state index is 0. The van der Waals surface area contributed by atoms with Crippen LogP contribution in [-0.2, 0) is 4.74 Å². The molecule has 0 spiro atoms. The zero-order chi connectivity index (χ0) is 8.81. The highest BCUT2D eigenvalue weighted by atomic mass is 35.5. The third-order valence-corrected chi connectivity index (χ3v) is 2.08. The fraction of sp³-hybridized carbons (Fsp3) is 0.222. The van der Waals surface area contributed by atoms with Gasteiger partial charge in [-0.3, -0.25) is 5.41 Å². The minimum absolute atomic E-state index is 0. The van der Waals surface area contributed by atoms with Crippen LogP contribution >= 0.6 is 23.7 Å². The summed E-state index contributed by atoms with van der Waals surface area (Å²) in [7, 11) is 0. The molecule has 4 heteroatoms. The number of ether oxygens (including phenoxy) is 1. The van der Waals surface area contributed by atoms with Gasteiger partial charge in [0.2, 0.25) is 5.90 Å². The lowest BCUT2D eigenvalue weighted by atomic mass is 10.4. The molecule has 1 aromatic rings. The second kappa shape index (κ2) is 6.69. The van der Waals surface area contributed by atoms with E-state index < -0.39 is 0 Å². The fourth-order valence-corrected chi connectivity index (χ4v) is 1.37. The Kier molecular flexibility index (Phi) is 6.28. The van der Waals surface area contributed by atoms with Gasteiger partial charge < -0.3 is 4.74 Å². The number of hydrogen-bond acceptors (Lipinski definition) is 3. The van der Waals surface area contributed by atoms with Crippen LogP contribution in [0.5, 0.6) is 0 Å². The van der Waals surface area contributed by atoms with E-state index in [1.54, 1.807) is 17.4 Å². The Morgan fingerprint density at radius 3 is 3.00 bits per heavy atom. The van der Waals surface area contributed by atoms with Crippen molar-refractivity contribution in [3.63, 3.8) is 0 Å². The van der Waals surface area contributed by atoms with Crippen LogP contribution in [0.4, 0.5) is 0 Å². The predicted molar refractivity (Wildman–Crippen MR) is 60.0 cm³/mol. The minimum Gasteiger partial charge on any atom is -0.478 e. The number of hydrogen-bond donors (Lipinski definition) is 1. The van der Waals surface area contributed by atoms with Crippen molar-refractivity contribution >= 4 is 35.7 Å². The summed E-state index contributed by atoms with van der Waals surface area (Å²) in [4.78, 5) is 1.14. The van der Waals surface area contributed by atoms with Crippen molar-refractivity contribution in [3.8, 4) is 0 Å². The first-order valence-corrected chi connectivity index (χ1v) is 4.64. The van der Waals surface area contributed by atoms with Gasteiger partial charge in [0.25, 0.3) is 0 Å². The monoisotopic (exact) mass is 217 g/mol. The van der Waals surface area contributed by atoms with Gasteiger partial charge in [-0.1, -0.05) is 6.07 Å². The smallest absolute Gasteiger partial charge is 0.205 e. The van der Waals surface area contributed by atoms with Crippen LogP contribution in [0.2, 0.25) is 0 Å². The van der Waals surface area contributed by atoms with E-state index in [4.69, 9.17) is 10.1 Å². The maximum Gasteiger partial charge on any atom is 0.205 e. The molecule has 0 fully saturated rings. The van der Waals surface area contributed by atoms with E-state index in [0.717, 1.165) is 4.88 Å². The van der Waals surface area contributed by atoms with Crippen molar-refractivity contribution in [2.75, 3.05) is 6.61 Å². The first-order chi connectivity index (χ1) is 5.83. The molecular formula is C9H12ClNOS. The van der Waals surface area contributed by atoms with E-state index in [1.807, 2.05) is 30.5 Å². The van der Waals surface area contributed by atoms with Crippen molar-refractivity contribution in [2.24, 2.45) is 0 Å². The van der Waals surface area contributed by atoms with Crippen LogP contribution in [0.3, 0.4) is 0 Å². The van der Waals surface area contributed by atoms with Gasteiger partial charge in [-0.05, 0) is 24.4 Å². The normalized spacial score (nSPS) is 9.62. The number of halogens is 1. The number of rotatable bonds is 3. The Labute approximate surface area is 88.2 Å². The molecule has 1 heterocycles. The van der Waals surface area contributed by atoms with Gasteiger partial charge >= 0.3 is 0 Å². The first kappa shape index (κ1) is 12.2. The van der Waals surface area contributed by atoms with Crippen LogP contribution in [0, 0.1) is 5.41 Å². The molecule has 0 aliphatic heterocycles. The molecule has 0 saturated carbocycles. The molecule has 1 rings (SSSR count). The highest BCUT2D eigenvalue weighted by Gasteiger charge is 1.89. The molecule has 0 saturated heterocycles. The summed E-state index contributed by atoms with van der Waals surface area (Å²) in [6.45, 7) is 2.42. The number of thiophene rings is 1. The Hall–Kier alpha value is -0.800. The van der Waals surface area contributed by atoms with Gasteiger partial charge in [0.05, 0.1) is 6.61 Å². The standard InChI is InChI=1S/C9H11NOS.ClH/c1-2-11-9(10)6-5-8-4-3-7-12-8;/h3-7,10H,2H2,1H3;1H. The second-order valence-electron chi connectivity index (χ2n) is 2.15. The lowest BCUT2D eigenvalue weighted by Gasteiger charge is -1.96. The number of nitrogens with one attached hydrogen (secondary N) is 1. The van der Waals surface area contributed by atoms with E-state index in [0.29, 0.717) is 6.61 Å². The Balaban J connectivity index is 0.00000144. The molecule has 1 N–H and O–H groups in total. The summed E-state index contributed by atoms with van der Waals surface area (Å²) < 4.78 is 4.94. The summed E-state index contributed by atoms with van der Waals surface area (Å²) in [6.07, 6.45) is 3.54.